The van der Waals surface area contributed by atoms with Gasteiger partial charge in [0.1, 0.15) is 5.82 Å². The quantitative estimate of drug-likeness (QED) is 0.635. The molecule has 1 aliphatic rings. The summed E-state index contributed by atoms with van der Waals surface area (Å²) in [7, 11) is 0. The predicted molar refractivity (Wildman–Crippen MR) is 96.8 cm³/mol. The maximum absolute atomic E-state index is 13.0. The van der Waals surface area contributed by atoms with Crippen LogP contribution in [0.1, 0.15) is 13.3 Å². The summed E-state index contributed by atoms with van der Waals surface area (Å²) in [4.78, 5) is 27.7. The van der Waals surface area contributed by atoms with E-state index in [1.165, 1.54) is 18.2 Å². The van der Waals surface area contributed by atoms with E-state index in [2.05, 4.69) is 10.2 Å². The monoisotopic (exact) mass is 345 g/mol. The van der Waals surface area contributed by atoms with Gasteiger partial charge in [-0.05, 0) is 31.2 Å². The third kappa shape index (κ3) is 6.06. The van der Waals surface area contributed by atoms with E-state index in [1.54, 1.807) is 24.3 Å². The van der Waals surface area contributed by atoms with Gasteiger partial charge in [-0.25, -0.2) is 4.39 Å². The second-order valence-corrected chi connectivity index (χ2v) is 5.77. The number of piperazine rings is 1. The SMILES string of the molecule is C/C=C/C=C/C(=O)NCCC(=O)N1CCN(c2ccc(F)cc2)CC1. The Morgan fingerprint density at radius 2 is 1.80 bits per heavy atom. The lowest BCUT2D eigenvalue weighted by atomic mass is 10.2. The number of halogens is 1. The lowest BCUT2D eigenvalue weighted by molar-refractivity contribution is -0.131. The summed E-state index contributed by atoms with van der Waals surface area (Å²) >= 11 is 0. The minimum atomic E-state index is -0.250. The van der Waals surface area contributed by atoms with Crippen LogP contribution in [0.15, 0.2) is 48.6 Å². The fourth-order valence-corrected chi connectivity index (χ4v) is 2.63. The summed E-state index contributed by atoms with van der Waals surface area (Å²) in [6.45, 7) is 4.90. The molecule has 2 rings (SSSR count). The van der Waals surface area contributed by atoms with Gasteiger partial charge in [-0.15, -0.1) is 0 Å². The van der Waals surface area contributed by atoms with Gasteiger partial charge in [0.25, 0.3) is 0 Å². The normalized spacial score (nSPS) is 15.1. The van der Waals surface area contributed by atoms with Crippen molar-refractivity contribution >= 4 is 17.5 Å². The van der Waals surface area contributed by atoms with E-state index in [1.807, 2.05) is 17.9 Å². The molecule has 1 aromatic carbocycles. The Hall–Kier alpha value is -2.63. The van der Waals surface area contributed by atoms with Crippen molar-refractivity contribution in [2.45, 2.75) is 13.3 Å². The zero-order valence-corrected chi connectivity index (χ0v) is 14.5. The number of hydrogen-bond donors (Lipinski definition) is 1. The molecule has 1 heterocycles. The summed E-state index contributed by atoms with van der Waals surface area (Å²) in [6.07, 6.45) is 6.99. The van der Waals surface area contributed by atoms with Crippen LogP contribution < -0.4 is 10.2 Å². The van der Waals surface area contributed by atoms with E-state index in [-0.39, 0.29) is 17.6 Å². The largest absolute Gasteiger partial charge is 0.368 e. The Morgan fingerprint density at radius 1 is 1.12 bits per heavy atom. The molecule has 1 fully saturated rings. The van der Waals surface area contributed by atoms with E-state index in [9.17, 15) is 14.0 Å². The summed E-state index contributed by atoms with van der Waals surface area (Å²) in [5, 5.41) is 2.70. The molecule has 5 nitrogen and oxygen atoms in total. The molecule has 0 bridgehead atoms. The summed E-state index contributed by atoms with van der Waals surface area (Å²) in [5.41, 5.74) is 0.966. The van der Waals surface area contributed by atoms with Crippen LogP contribution in [0.3, 0.4) is 0 Å². The summed E-state index contributed by atoms with van der Waals surface area (Å²) < 4.78 is 13.0. The third-order valence-electron chi connectivity index (χ3n) is 4.01. The van der Waals surface area contributed by atoms with Crippen molar-refractivity contribution in [3.05, 3.63) is 54.4 Å². The summed E-state index contributed by atoms with van der Waals surface area (Å²) in [5.74, 6) is -0.413. The Morgan fingerprint density at radius 3 is 2.44 bits per heavy atom. The molecule has 1 aromatic rings. The van der Waals surface area contributed by atoms with Gasteiger partial charge in [0.2, 0.25) is 11.8 Å². The van der Waals surface area contributed by atoms with Crippen molar-refractivity contribution in [3.8, 4) is 0 Å². The highest BCUT2D eigenvalue weighted by molar-refractivity contribution is 5.88. The molecule has 1 aliphatic heterocycles. The lowest BCUT2D eigenvalue weighted by Crippen LogP contribution is -2.49. The zero-order chi connectivity index (χ0) is 18.1. The van der Waals surface area contributed by atoms with E-state index in [0.29, 0.717) is 26.1 Å². The first-order chi connectivity index (χ1) is 12.1. The number of nitrogens with zero attached hydrogens (tertiary/aromatic N) is 2. The number of benzene rings is 1. The van der Waals surface area contributed by atoms with Gasteiger partial charge in [-0.2, -0.15) is 0 Å². The summed E-state index contributed by atoms with van der Waals surface area (Å²) in [6, 6.07) is 6.40. The molecule has 0 aliphatic carbocycles. The molecule has 0 spiro atoms. The average molecular weight is 345 g/mol. The number of allylic oxidation sites excluding steroid dienone is 3. The number of carbonyl (C=O) groups excluding carboxylic acids is 2. The van der Waals surface area contributed by atoms with E-state index >= 15 is 0 Å². The molecule has 2 amide bonds. The second kappa shape index (κ2) is 9.61. The Kier molecular flexibility index (Phi) is 7.19. The smallest absolute Gasteiger partial charge is 0.243 e. The number of hydrogen-bond acceptors (Lipinski definition) is 3. The third-order valence-corrected chi connectivity index (χ3v) is 4.01. The fourth-order valence-electron chi connectivity index (χ4n) is 2.63. The highest BCUT2D eigenvalue weighted by atomic mass is 19.1. The molecule has 0 radical (unpaired) electrons. The van der Waals surface area contributed by atoms with Crippen LogP contribution >= 0.6 is 0 Å². The maximum atomic E-state index is 13.0. The molecular formula is C19H24FN3O2. The molecule has 0 unspecified atom stereocenters. The Labute approximate surface area is 147 Å². The molecule has 134 valence electrons. The van der Waals surface area contributed by atoms with Crippen molar-refractivity contribution in [2.75, 3.05) is 37.6 Å². The van der Waals surface area contributed by atoms with Gasteiger partial charge in [0.05, 0.1) is 0 Å². The van der Waals surface area contributed by atoms with Crippen molar-refractivity contribution in [1.29, 1.82) is 0 Å². The van der Waals surface area contributed by atoms with E-state index in [0.717, 1.165) is 18.8 Å². The molecule has 6 heteroatoms. The van der Waals surface area contributed by atoms with Crippen LogP contribution in [0, 0.1) is 5.82 Å². The topological polar surface area (TPSA) is 52.7 Å². The van der Waals surface area contributed by atoms with E-state index in [4.69, 9.17) is 0 Å². The highest BCUT2D eigenvalue weighted by Gasteiger charge is 2.21. The number of carbonyl (C=O) groups is 2. The van der Waals surface area contributed by atoms with Crippen LogP contribution in [0.5, 0.6) is 0 Å². The second-order valence-electron chi connectivity index (χ2n) is 5.77. The Bertz CT molecular complexity index is 633. The minimum Gasteiger partial charge on any atom is -0.368 e. The van der Waals surface area contributed by atoms with Gasteiger partial charge < -0.3 is 15.1 Å². The van der Waals surface area contributed by atoms with Crippen molar-refractivity contribution < 1.29 is 14.0 Å². The number of rotatable bonds is 6. The molecule has 0 aromatic heterocycles. The zero-order valence-electron chi connectivity index (χ0n) is 14.5. The Balaban J connectivity index is 1.70. The molecule has 1 N–H and O–H groups in total. The van der Waals surface area contributed by atoms with Crippen LogP contribution in [0.2, 0.25) is 0 Å². The fraction of sp³-hybridized carbons (Fsp3) is 0.368. The average Bonchev–Trinajstić information content (AvgIpc) is 2.63. The first-order valence-corrected chi connectivity index (χ1v) is 8.45. The molecule has 0 saturated carbocycles. The molecule has 0 atom stereocenters. The molecule has 1 saturated heterocycles. The van der Waals surface area contributed by atoms with Gasteiger partial charge in [0, 0.05) is 50.9 Å². The number of anilines is 1. The van der Waals surface area contributed by atoms with Gasteiger partial charge in [-0.1, -0.05) is 18.2 Å². The van der Waals surface area contributed by atoms with Crippen LogP contribution in [-0.2, 0) is 9.59 Å². The van der Waals surface area contributed by atoms with E-state index < -0.39 is 0 Å². The minimum absolute atomic E-state index is 0.0384. The van der Waals surface area contributed by atoms with Crippen molar-refractivity contribution in [1.82, 2.24) is 10.2 Å². The standard InChI is InChI=1S/C19H24FN3O2/c1-2-3-4-5-18(24)21-11-10-19(25)23-14-12-22(13-15-23)17-8-6-16(20)7-9-17/h2-9H,10-15H2,1H3,(H,21,24)/b3-2+,5-4+. The van der Waals surface area contributed by atoms with Crippen LogP contribution in [0.25, 0.3) is 0 Å². The molecule has 25 heavy (non-hydrogen) atoms. The number of amides is 2. The number of nitrogens with one attached hydrogen (secondary N) is 1. The maximum Gasteiger partial charge on any atom is 0.243 e. The predicted octanol–water partition coefficient (Wildman–Crippen LogP) is 2.11. The van der Waals surface area contributed by atoms with Crippen LogP contribution in [-0.4, -0.2) is 49.4 Å². The van der Waals surface area contributed by atoms with Crippen molar-refractivity contribution in [2.24, 2.45) is 0 Å². The van der Waals surface area contributed by atoms with Crippen LogP contribution in [0.4, 0.5) is 10.1 Å². The molecular weight excluding hydrogens is 321 g/mol. The van der Waals surface area contributed by atoms with Crippen molar-refractivity contribution in [3.63, 3.8) is 0 Å². The first kappa shape index (κ1) is 18.7. The van der Waals surface area contributed by atoms with Gasteiger partial charge >= 0.3 is 0 Å². The van der Waals surface area contributed by atoms with Gasteiger partial charge in [-0.3, -0.25) is 9.59 Å². The van der Waals surface area contributed by atoms with Gasteiger partial charge in [0.15, 0.2) is 0 Å². The highest BCUT2D eigenvalue weighted by Crippen LogP contribution is 2.17. The lowest BCUT2D eigenvalue weighted by Gasteiger charge is -2.36. The first-order valence-electron chi connectivity index (χ1n) is 8.45.